The van der Waals surface area contributed by atoms with E-state index in [9.17, 15) is 18.0 Å². The van der Waals surface area contributed by atoms with E-state index < -0.39 is 21.9 Å². The quantitative estimate of drug-likeness (QED) is 0.819. The molecule has 142 valence electrons. The van der Waals surface area contributed by atoms with Crippen molar-refractivity contribution >= 4 is 33.3 Å². The summed E-state index contributed by atoms with van der Waals surface area (Å²) in [4.78, 5) is 24.5. The van der Waals surface area contributed by atoms with Gasteiger partial charge in [0.1, 0.15) is 0 Å². The van der Waals surface area contributed by atoms with E-state index >= 15 is 0 Å². The first-order valence-electron chi connectivity index (χ1n) is 8.41. The summed E-state index contributed by atoms with van der Waals surface area (Å²) in [5.41, 5.74) is 2.74. The average Bonchev–Trinajstić information content (AvgIpc) is 3.00. The summed E-state index contributed by atoms with van der Waals surface area (Å²) < 4.78 is 27.8. The van der Waals surface area contributed by atoms with Gasteiger partial charge in [-0.05, 0) is 55.3 Å². The van der Waals surface area contributed by atoms with Gasteiger partial charge >= 0.3 is 5.97 Å². The van der Waals surface area contributed by atoms with Crippen molar-refractivity contribution in [1.29, 1.82) is 0 Å². The highest BCUT2D eigenvalue weighted by Gasteiger charge is 2.35. The number of anilines is 2. The normalized spacial score (nSPS) is 17.2. The third-order valence-electron chi connectivity index (χ3n) is 4.57. The van der Waals surface area contributed by atoms with Gasteiger partial charge < -0.3 is 10.0 Å². The minimum Gasteiger partial charge on any atom is -0.481 e. The monoisotopic (exact) mass is 388 g/mol. The van der Waals surface area contributed by atoms with Crippen LogP contribution in [0.15, 0.2) is 47.4 Å². The summed E-state index contributed by atoms with van der Waals surface area (Å²) in [7, 11) is -3.78. The van der Waals surface area contributed by atoms with Gasteiger partial charge in [-0.2, -0.15) is 0 Å². The standard InChI is InChI=1S/C19H20N2O5S/c1-12-3-4-13(2)17(9-12)20-27(25,26)16-7-5-15(6-8-16)21-11-14(19(23)24)10-18(21)22/h3-9,14,20H,10-11H2,1-2H3,(H,23,24)/t14-/m0/s1. The number of carboxylic acid groups (broad SMARTS) is 1. The SMILES string of the molecule is Cc1ccc(C)c(NS(=O)(=O)c2ccc(N3C[C@@H](C(=O)O)CC3=O)cc2)c1. The molecule has 1 aliphatic rings. The molecule has 2 aromatic rings. The van der Waals surface area contributed by atoms with E-state index in [0.29, 0.717) is 11.4 Å². The lowest BCUT2D eigenvalue weighted by atomic mass is 10.1. The number of carbonyl (C=O) groups excluding carboxylic acids is 1. The zero-order valence-electron chi connectivity index (χ0n) is 15.0. The number of amides is 1. The predicted molar refractivity (Wildman–Crippen MR) is 101 cm³/mol. The summed E-state index contributed by atoms with van der Waals surface area (Å²) in [5, 5.41) is 9.06. The number of carbonyl (C=O) groups is 2. The van der Waals surface area contributed by atoms with Crippen molar-refractivity contribution in [1.82, 2.24) is 0 Å². The van der Waals surface area contributed by atoms with Gasteiger partial charge in [0.05, 0.1) is 16.5 Å². The molecule has 0 spiro atoms. The molecule has 3 rings (SSSR count). The van der Waals surface area contributed by atoms with Gasteiger partial charge in [-0.15, -0.1) is 0 Å². The van der Waals surface area contributed by atoms with Crippen LogP contribution in [-0.2, 0) is 19.6 Å². The minimum absolute atomic E-state index is 0.0520. The van der Waals surface area contributed by atoms with E-state index in [1.54, 1.807) is 6.07 Å². The molecule has 1 heterocycles. The highest BCUT2D eigenvalue weighted by molar-refractivity contribution is 7.92. The van der Waals surface area contributed by atoms with Gasteiger partial charge in [-0.25, -0.2) is 8.42 Å². The molecule has 0 bridgehead atoms. The molecule has 2 aromatic carbocycles. The number of nitrogens with zero attached hydrogens (tertiary/aromatic N) is 1. The second-order valence-corrected chi connectivity index (χ2v) is 8.34. The fourth-order valence-corrected chi connectivity index (χ4v) is 4.10. The predicted octanol–water partition coefficient (Wildman–Crippen LogP) is 2.54. The molecule has 1 atom stereocenters. The van der Waals surface area contributed by atoms with Crippen LogP contribution in [0.1, 0.15) is 17.5 Å². The Labute approximate surface area is 157 Å². The summed E-state index contributed by atoms with van der Waals surface area (Å²) >= 11 is 0. The third-order valence-corrected chi connectivity index (χ3v) is 5.95. The third kappa shape index (κ3) is 3.95. The van der Waals surface area contributed by atoms with Crippen molar-refractivity contribution in [3.05, 3.63) is 53.6 Å². The maximum absolute atomic E-state index is 12.6. The number of hydrogen-bond acceptors (Lipinski definition) is 4. The Balaban J connectivity index is 1.81. The van der Waals surface area contributed by atoms with E-state index in [0.717, 1.165) is 11.1 Å². The van der Waals surface area contributed by atoms with Gasteiger partial charge in [-0.3, -0.25) is 14.3 Å². The maximum Gasteiger partial charge on any atom is 0.308 e. The lowest BCUT2D eigenvalue weighted by molar-refractivity contribution is -0.141. The molecule has 27 heavy (non-hydrogen) atoms. The van der Waals surface area contributed by atoms with Crippen LogP contribution in [0.2, 0.25) is 0 Å². The summed E-state index contributed by atoms with van der Waals surface area (Å²) in [6.07, 6.45) is -0.0520. The lowest BCUT2D eigenvalue weighted by Crippen LogP contribution is -2.25. The number of aryl methyl sites for hydroxylation is 2. The molecule has 7 nitrogen and oxygen atoms in total. The Kier molecular flexibility index (Phi) is 4.93. The molecule has 1 aliphatic heterocycles. The van der Waals surface area contributed by atoms with Crippen molar-refractivity contribution in [3.63, 3.8) is 0 Å². The number of sulfonamides is 1. The van der Waals surface area contributed by atoms with Crippen LogP contribution >= 0.6 is 0 Å². The topological polar surface area (TPSA) is 104 Å². The number of rotatable bonds is 5. The van der Waals surface area contributed by atoms with Crippen molar-refractivity contribution in [3.8, 4) is 0 Å². The number of nitrogens with one attached hydrogen (secondary N) is 1. The summed E-state index contributed by atoms with van der Waals surface area (Å²) in [6, 6.07) is 11.3. The Bertz CT molecular complexity index is 999. The van der Waals surface area contributed by atoms with E-state index in [1.165, 1.54) is 29.2 Å². The van der Waals surface area contributed by atoms with Crippen LogP contribution in [0.3, 0.4) is 0 Å². The number of aliphatic carboxylic acids is 1. The fourth-order valence-electron chi connectivity index (χ4n) is 2.98. The Morgan fingerprint density at radius 3 is 2.41 bits per heavy atom. The van der Waals surface area contributed by atoms with Crippen molar-refractivity contribution in [2.24, 2.45) is 5.92 Å². The van der Waals surface area contributed by atoms with E-state index in [1.807, 2.05) is 26.0 Å². The first kappa shape index (κ1) is 18.9. The molecule has 8 heteroatoms. The van der Waals surface area contributed by atoms with Crippen LogP contribution in [0, 0.1) is 19.8 Å². The molecule has 0 aromatic heterocycles. The lowest BCUT2D eigenvalue weighted by Gasteiger charge is -2.17. The molecule has 2 N–H and O–H groups in total. The summed E-state index contributed by atoms with van der Waals surface area (Å²) in [5.74, 6) is -2.04. The number of hydrogen-bond donors (Lipinski definition) is 2. The highest BCUT2D eigenvalue weighted by Crippen LogP contribution is 2.27. The summed E-state index contributed by atoms with van der Waals surface area (Å²) in [6.45, 7) is 3.78. The second kappa shape index (κ2) is 7.03. The molecule has 0 radical (unpaired) electrons. The molecule has 1 fully saturated rings. The smallest absolute Gasteiger partial charge is 0.308 e. The van der Waals surface area contributed by atoms with E-state index in [2.05, 4.69) is 4.72 Å². The van der Waals surface area contributed by atoms with Crippen LogP contribution < -0.4 is 9.62 Å². The first-order chi connectivity index (χ1) is 12.7. The van der Waals surface area contributed by atoms with Crippen molar-refractivity contribution < 1.29 is 23.1 Å². The molecule has 0 unspecified atom stereocenters. The van der Waals surface area contributed by atoms with Crippen LogP contribution in [0.25, 0.3) is 0 Å². The van der Waals surface area contributed by atoms with Gasteiger partial charge in [0.25, 0.3) is 10.0 Å². The van der Waals surface area contributed by atoms with Crippen LogP contribution in [0.4, 0.5) is 11.4 Å². The Morgan fingerprint density at radius 1 is 1.15 bits per heavy atom. The number of carboxylic acids is 1. The van der Waals surface area contributed by atoms with E-state index in [4.69, 9.17) is 5.11 Å². The molecule has 0 aliphatic carbocycles. The zero-order chi connectivity index (χ0) is 19.8. The van der Waals surface area contributed by atoms with Gasteiger partial charge in [0.2, 0.25) is 5.91 Å². The van der Waals surface area contributed by atoms with Crippen molar-refractivity contribution in [2.45, 2.75) is 25.2 Å². The Hall–Kier alpha value is -2.87. The highest BCUT2D eigenvalue weighted by atomic mass is 32.2. The molecular weight excluding hydrogens is 368 g/mol. The Morgan fingerprint density at radius 2 is 1.81 bits per heavy atom. The zero-order valence-corrected chi connectivity index (χ0v) is 15.8. The maximum atomic E-state index is 12.6. The fraction of sp³-hybridized carbons (Fsp3) is 0.263. The molecule has 0 saturated carbocycles. The van der Waals surface area contributed by atoms with Crippen molar-refractivity contribution in [2.75, 3.05) is 16.2 Å². The number of benzene rings is 2. The largest absolute Gasteiger partial charge is 0.481 e. The minimum atomic E-state index is -3.78. The first-order valence-corrected chi connectivity index (χ1v) is 9.89. The van der Waals surface area contributed by atoms with Crippen LogP contribution in [-0.4, -0.2) is 31.9 Å². The molecule has 1 amide bonds. The van der Waals surface area contributed by atoms with Gasteiger partial charge in [-0.1, -0.05) is 12.1 Å². The van der Waals surface area contributed by atoms with Crippen LogP contribution in [0.5, 0.6) is 0 Å². The second-order valence-electron chi connectivity index (χ2n) is 6.66. The van der Waals surface area contributed by atoms with E-state index in [-0.39, 0.29) is 23.8 Å². The molecular formula is C19H20N2O5S. The molecule has 1 saturated heterocycles. The average molecular weight is 388 g/mol. The van der Waals surface area contributed by atoms with Gasteiger partial charge in [0, 0.05) is 18.7 Å². The van der Waals surface area contributed by atoms with Gasteiger partial charge in [0.15, 0.2) is 0 Å².